The van der Waals surface area contributed by atoms with Crippen molar-refractivity contribution in [2.75, 3.05) is 5.73 Å². The van der Waals surface area contributed by atoms with Gasteiger partial charge in [-0.15, -0.1) is 6.58 Å². The lowest BCUT2D eigenvalue weighted by Crippen LogP contribution is -2.04. The summed E-state index contributed by atoms with van der Waals surface area (Å²) in [7, 11) is 0. The average molecular weight is 231 g/mol. The second kappa shape index (κ2) is 6.89. The molecule has 1 aromatic rings. The molecule has 17 heavy (non-hydrogen) atoms. The maximum Gasteiger partial charge on any atom is 0.133 e. The third-order valence-corrected chi connectivity index (χ3v) is 2.90. The van der Waals surface area contributed by atoms with Crippen molar-refractivity contribution in [3.8, 4) is 0 Å². The number of nitrogens with two attached hydrogens (primary N) is 1. The first-order chi connectivity index (χ1) is 8.13. The minimum absolute atomic E-state index is 0.270. The highest BCUT2D eigenvalue weighted by atomic mass is 16.1. The molecule has 0 aliphatic rings. The first-order valence-corrected chi connectivity index (χ1v) is 6.11. The Morgan fingerprint density at radius 3 is 2.65 bits per heavy atom. The van der Waals surface area contributed by atoms with E-state index in [4.69, 9.17) is 5.73 Å². The van der Waals surface area contributed by atoms with Crippen molar-refractivity contribution in [3.63, 3.8) is 0 Å². The average Bonchev–Trinajstić information content (AvgIpc) is 2.30. The molecule has 0 saturated heterocycles. The van der Waals surface area contributed by atoms with Crippen molar-refractivity contribution in [1.82, 2.24) is 0 Å². The maximum atomic E-state index is 11.7. The van der Waals surface area contributed by atoms with Crippen molar-refractivity contribution in [2.45, 2.75) is 38.5 Å². The Bertz CT molecular complexity index is 367. The van der Waals surface area contributed by atoms with Crippen molar-refractivity contribution >= 4 is 11.5 Å². The summed E-state index contributed by atoms with van der Waals surface area (Å²) < 4.78 is 0. The highest BCUT2D eigenvalue weighted by Gasteiger charge is 2.10. The van der Waals surface area contributed by atoms with Crippen molar-refractivity contribution < 1.29 is 4.79 Å². The van der Waals surface area contributed by atoms with E-state index in [1.165, 1.54) is 5.56 Å². The molecule has 0 aliphatic carbocycles. The van der Waals surface area contributed by atoms with Crippen molar-refractivity contribution in [3.05, 3.63) is 42.5 Å². The fourth-order valence-electron chi connectivity index (χ4n) is 1.83. The van der Waals surface area contributed by atoms with Crippen molar-refractivity contribution in [1.29, 1.82) is 0 Å². The van der Waals surface area contributed by atoms with Crippen LogP contribution in [0.4, 0.5) is 5.69 Å². The molecule has 2 N–H and O–H groups in total. The molecule has 1 unspecified atom stereocenters. The topological polar surface area (TPSA) is 43.1 Å². The Labute approximate surface area is 104 Å². The number of anilines is 1. The van der Waals surface area contributed by atoms with Crippen LogP contribution in [0.15, 0.2) is 36.9 Å². The van der Waals surface area contributed by atoms with E-state index in [-0.39, 0.29) is 5.92 Å². The number of benzene rings is 1. The number of carbonyl (C=O) groups is 1. The Kier molecular flexibility index (Phi) is 5.47. The van der Waals surface area contributed by atoms with Gasteiger partial charge in [0.1, 0.15) is 5.78 Å². The number of ketones is 1. The van der Waals surface area contributed by atoms with Crippen LogP contribution in [0.1, 0.15) is 44.1 Å². The molecule has 1 aromatic carbocycles. The molecule has 0 aromatic heterocycles. The summed E-state index contributed by atoms with van der Waals surface area (Å²) in [5, 5.41) is 0. The predicted octanol–water partition coefficient (Wildman–Crippen LogP) is 3.69. The summed E-state index contributed by atoms with van der Waals surface area (Å²) in [5.41, 5.74) is 7.57. The van der Waals surface area contributed by atoms with Gasteiger partial charge in [-0.05, 0) is 36.5 Å². The molecule has 1 rings (SSSR count). The van der Waals surface area contributed by atoms with Gasteiger partial charge < -0.3 is 5.73 Å². The predicted molar refractivity (Wildman–Crippen MR) is 72.9 cm³/mol. The Morgan fingerprint density at radius 1 is 1.41 bits per heavy atom. The summed E-state index contributed by atoms with van der Waals surface area (Å²) in [6.45, 7) is 5.73. The molecule has 1 atom stereocenters. The molecule has 2 heteroatoms. The standard InChI is InChI=1S/C15H21NO/c1-3-4-5-6-15(17)11-12(2)13-7-9-14(16)10-8-13/h3,7-10,12H,1,4-6,11,16H2,2H3. The minimum Gasteiger partial charge on any atom is -0.399 e. The van der Waals surface area contributed by atoms with Crippen LogP contribution in [-0.4, -0.2) is 5.78 Å². The van der Waals surface area contributed by atoms with Crippen LogP contribution in [-0.2, 0) is 4.79 Å². The number of nitrogen functional groups attached to an aromatic ring is 1. The van der Waals surface area contributed by atoms with Crippen LogP contribution < -0.4 is 5.73 Å². The van der Waals surface area contributed by atoms with Gasteiger partial charge >= 0.3 is 0 Å². The van der Waals surface area contributed by atoms with E-state index in [1.807, 2.05) is 30.3 Å². The molecule has 0 amide bonds. The second-order valence-corrected chi connectivity index (χ2v) is 4.49. The number of carbonyl (C=O) groups excluding carboxylic acids is 1. The fourth-order valence-corrected chi connectivity index (χ4v) is 1.83. The Hall–Kier alpha value is -1.57. The van der Waals surface area contributed by atoms with Gasteiger partial charge in [0, 0.05) is 18.5 Å². The van der Waals surface area contributed by atoms with Crippen LogP contribution in [0.2, 0.25) is 0 Å². The van der Waals surface area contributed by atoms with E-state index < -0.39 is 0 Å². The molecule has 0 spiro atoms. The lowest BCUT2D eigenvalue weighted by molar-refractivity contribution is -0.119. The normalized spacial score (nSPS) is 12.1. The van der Waals surface area contributed by atoms with Crippen molar-refractivity contribution in [2.24, 2.45) is 0 Å². The zero-order valence-corrected chi connectivity index (χ0v) is 10.5. The molecule has 0 bridgehead atoms. The third-order valence-electron chi connectivity index (χ3n) is 2.90. The largest absolute Gasteiger partial charge is 0.399 e. The van der Waals surface area contributed by atoms with Gasteiger partial charge in [0.15, 0.2) is 0 Å². The number of Topliss-reactive ketones (excluding diaryl/α,β-unsaturated/α-hetero) is 1. The molecule has 92 valence electrons. The summed E-state index contributed by atoms with van der Waals surface area (Å²) in [6.07, 6.45) is 4.96. The highest BCUT2D eigenvalue weighted by Crippen LogP contribution is 2.21. The molecule has 0 saturated carbocycles. The summed E-state index contributed by atoms with van der Waals surface area (Å²) in [4.78, 5) is 11.7. The zero-order chi connectivity index (χ0) is 12.7. The molecule has 0 radical (unpaired) electrons. The highest BCUT2D eigenvalue weighted by molar-refractivity contribution is 5.79. The third kappa shape index (κ3) is 4.85. The monoisotopic (exact) mass is 231 g/mol. The van der Waals surface area contributed by atoms with E-state index in [2.05, 4.69) is 13.5 Å². The van der Waals surface area contributed by atoms with E-state index in [1.54, 1.807) is 0 Å². The maximum absolute atomic E-state index is 11.7. The molecular weight excluding hydrogens is 210 g/mol. The van der Waals surface area contributed by atoms with Crippen LogP contribution in [0.25, 0.3) is 0 Å². The Morgan fingerprint density at radius 2 is 2.06 bits per heavy atom. The van der Waals surface area contributed by atoms with E-state index in [0.717, 1.165) is 18.5 Å². The lowest BCUT2D eigenvalue weighted by atomic mass is 9.94. The van der Waals surface area contributed by atoms with Gasteiger partial charge in [-0.3, -0.25) is 4.79 Å². The van der Waals surface area contributed by atoms with Gasteiger partial charge in [-0.2, -0.15) is 0 Å². The van der Waals surface area contributed by atoms with Gasteiger partial charge in [0.25, 0.3) is 0 Å². The summed E-state index contributed by atoms with van der Waals surface area (Å²) in [5.74, 6) is 0.600. The minimum atomic E-state index is 0.270. The fraction of sp³-hybridized carbons (Fsp3) is 0.400. The molecule has 0 aliphatic heterocycles. The molecule has 0 fully saturated rings. The van der Waals surface area contributed by atoms with E-state index in [0.29, 0.717) is 18.6 Å². The van der Waals surface area contributed by atoms with Crippen LogP contribution in [0.5, 0.6) is 0 Å². The van der Waals surface area contributed by atoms with Gasteiger partial charge in [0.2, 0.25) is 0 Å². The molecule has 0 heterocycles. The number of allylic oxidation sites excluding steroid dienone is 1. The first kappa shape index (κ1) is 13.5. The van der Waals surface area contributed by atoms with Gasteiger partial charge in [-0.1, -0.05) is 25.1 Å². The lowest BCUT2D eigenvalue weighted by Gasteiger charge is -2.11. The zero-order valence-electron chi connectivity index (χ0n) is 10.5. The van der Waals surface area contributed by atoms with E-state index >= 15 is 0 Å². The first-order valence-electron chi connectivity index (χ1n) is 6.11. The molecular formula is C15H21NO. The molecule has 2 nitrogen and oxygen atoms in total. The summed E-state index contributed by atoms with van der Waals surface area (Å²) >= 11 is 0. The number of rotatable bonds is 7. The van der Waals surface area contributed by atoms with Crippen LogP contribution in [0.3, 0.4) is 0 Å². The quantitative estimate of drug-likeness (QED) is 0.442. The number of hydrogen-bond acceptors (Lipinski definition) is 2. The number of unbranched alkanes of at least 4 members (excludes halogenated alkanes) is 1. The van der Waals surface area contributed by atoms with Crippen LogP contribution in [0, 0.1) is 0 Å². The van der Waals surface area contributed by atoms with Gasteiger partial charge in [-0.25, -0.2) is 0 Å². The van der Waals surface area contributed by atoms with E-state index in [9.17, 15) is 4.79 Å². The smallest absolute Gasteiger partial charge is 0.133 e. The number of hydrogen-bond donors (Lipinski definition) is 1. The second-order valence-electron chi connectivity index (χ2n) is 4.49. The van der Waals surface area contributed by atoms with Crippen LogP contribution >= 0.6 is 0 Å². The Balaban J connectivity index is 2.42. The SMILES string of the molecule is C=CCCCC(=O)CC(C)c1ccc(N)cc1. The van der Waals surface area contributed by atoms with Gasteiger partial charge in [0.05, 0.1) is 0 Å². The summed E-state index contributed by atoms with van der Waals surface area (Å²) in [6, 6.07) is 7.76.